The van der Waals surface area contributed by atoms with Crippen LogP contribution in [0.5, 0.6) is 0 Å². The number of hydrogen-bond acceptors (Lipinski definition) is 3. The van der Waals surface area contributed by atoms with E-state index in [1.807, 2.05) is 6.92 Å². The molecule has 0 unspecified atom stereocenters. The fourth-order valence-electron chi connectivity index (χ4n) is 1.43. The Hall–Kier alpha value is -1.99. The molecule has 2 aromatic heterocycles. The molecule has 2 rings (SSSR count). The molecule has 0 bridgehead atoms. The molecule has 2 N–H and O–H groups in total. The van der Waals surface area contributed by atoms with E-state index in [0.717, 1.165) is 11.8 Å². The maximum atomic E-state index is 12.3. The summed E-state index contributed by atoms with van der Waals surface area (Å²) < 4.78 is 38.6. The average Bonchev–Trinajstić information content (AvgIpc) is 2.83. The molecule has 0 fully saturated rings. The third kappa shape index (κ3) is 2.63. The first-order valence-electron chi connectivity index (χ1n) is 5.22. The van der Waals surface area contributed by atoms with Crippen LogP contribution in [0, 0.1) is 6.92 Å². The van der Waals surface area contributed by atoms with Crippen molar-refractivity contribution in [3.05, 3.63) is 29.2 Å². The highest BCUT2D eigenvalue weighted by atomic mass is 19.4. The quantitative estimate of drug-likeness (QED) is 0.887. The molecule has 0 aliphatic rings. The zero-order chi connectivity index (χ0) is 13.3. The molecule has 8 heteroatoms. The number of nitrogens with zero attached hydrogens (tertiary/aromatic N) is 3. The summed E-state index contributed by atoms with van der Waals surface area (Å²) in [4.78, 5) is 0. The molecule has 5 nitrogen and oxygen atoms in total. The summed E-state index contributed by atoms with van der Waals surface area (Å²) >= 11 is 0. The minimum Gasteiger partial charge on any atom is -0.363 e. The number of nitrogens with one attached hydrogen (secondary N) is 2. The highest BCUT2D eigenvalue weighted by Gasteiger charge is 2.33. The van der Waals surface area contributed by atoms with Crippen LogP contribution in [0.4, 0.5) is 19.0 Å². The van der Waals surface area contributed by atoms with Crippen molar-refractivity contribution in [2.75, 3.05) is 5.32 Å². The summed E-state index contributed by atoms with van der Waals surface area (Å²) in [6.45, 7) is 2.09. The minimum absolute atomic E-state index is 0.208. The van der Waals surface area contributed by atoms with Gasteiger partial charge in [-0.1, -0.05) is 0 Å². The molecule has 18 heavy (non-hydrogen) atoms. The Morgan fingerprint density at radius 2 is 2.11 bits per heavy atom. The van der Waals surface area contributed by atoms with Gasteiger partial charge in [-0.25, -0.2) is 0 Å². The Kier molecular flexibility index (Phi) is 3.02. The SMILES string of the molecule is Cc1cc(NCc2cc(C(F)(F)F)n[nH]2)nn1C. The number of alkyl halides is 3. The fourth-order valence-corrected chi connectivity index (χ4v) is 1.43. The van der Waals surface area contributed by atoms with Crippen molar-refractivity contribution in [1.29, 1.82) is 0 Å². The maximum Gasteiger partial charge on any atom is 0.435 e. The first kappa shape index (κ1) is 12.5. The Bertz CT molecular complexity index is 520. The maximum absolute atomic E-state index is 12.3. The van der Waals surface area contributed by atoms with E-state index in [4.69, 9.17) is 0 Å². The highest BCUT2D eigenvalue weighted by Crippen LogP contribution is 2.27. The second kappa shape index (κ2) is 4.35. The van der Waals surface area contributed by atoms with Crippen molar-refractivity contribution >= 4 is 5.82 Å². The Balaban J connectivity index is 2.00. The van der Waals surface area contributed by atoms with E-state index in [0.29, 0.717) is 11.5 Å². The number of aromatic amines is 1. The first-order chi connectivity index (χ1) is 8.36. The van der Waals surface area contributed by atoms with E-state index >= 15 is 0 Å². The smallest absolute Gasteiger partial charge is 0.363 e. The lowest BCUT2D eigenvalue weighted by Crippen LogP contribution is -2.04. The van der Waals surface area contributed by atoms with Crippen LogP contribution in [-0.2, 0) is 19.8 Å². The zero-order valence-corrected chi connectivity index (χ0v) is 9.84. The second-order valence-corrected chi connectivity index (χ2v) is 3.92. The van der Waals surface area contributed by atoms with Crippen molar-refractivity contribution in [3.63, 3.8) is 0 Å². The van der Waals surface area contributed by atoms with Gasteiger partial charge in [0.2, 0.25) is 0 Å². The molecule has 98 valence electrons. The molecule has 0 amide bonds. The molecule has 0 aromatic carbocycles. The number of halogens is 3. The lowest BCUT2D eigenvalue weighted by Gasteiger charge is -2.00. The first-order valence-corrected chi connectivity index (χ1v) is 5.22. The standard InChI is InChI=1S/C10H12F3N5/c1-6-3-9(17-18(6)2)14-5-7-4-8(16-15-7)10(11,12)13/h3-4H,5H2,1-2H3,(H,14,17)(H,15,16). The van der Waals surface area contributed by atoms with Gasteiger partial charge in [0.1, 0.15) is 5.82 Å². The van der Waals surface area contributed by atoms with Crippen LogP contribution in [0.25, 0.3) is 0 Å². The molecule has 0 radical (unpaired) electrons. The van der Waals surface area contributed by atoms with Gasteiger partial charge in [0.25, 0.3) is 0 Å². The number of hydrogen-bond donors (Lipinski definition) is 2. The molecule has 2 aromatic rings. The van der Waals surface area contributed by atoms with Crippen LogP contribution < -0.4 is 5.32 Å². The predicted octanol–water partition coefficient (Wildman–Crippen LogP) is 2.08. The van der Waals surface area contributed by atoms with Crippen molar-refractivity contribution in [2.24, 2.45) is 7.05 Å². The van der Waals surface area contributed by atoms with Crippen LogP contribution in [0.1, 0.15) is 17.1 Å². The lowest BCUT2D eigenvalue weighted by molar-refractivity contribution is -0.141. The number of H-pyrrole nitrogens is 1. The molecular weight excluding hydrogens is 247 g/mol. The lowest BCUT2D eigenvalue weighted by atomic mass is 10.3. The highest BCUT2D eigenvalue weighted by molar-refractivity contribution is 5.36. The van der Waals surface area contributed by atoms with E-state index in [9.17, 15) is 13.2 Å². The summed E-state index contributed by atoms with van der Waals surface area (Å²) in [6.07, 6.45) is -4.42. The zero-order valence-electron chi connectivity index (χ0n) is 9.84. The topological polar surface area (TPSA) is 58.5 Å². The van der Waals surface area contributed by atoms with E-state index < -0.39 is 11.9 Å². The van der Waals surface area contributed by atoms with Crippen LogP contribution in [-0.4, -0.2) is 20.0 Å². The molecule has 0 aliphatic heterocycles. The molecule has 0 atom stereocenters. The van der Waals surface area contributed by atoms with Gasteiger partial charge in [-0.05, 0) is 13.0 Å². The number of rotatable bonds is 3. The average molecular weight is 259 g/mol. The summed E-state index contributed by atoms with van der Waals surface area (Å²) in [5, 5.41) is 12.6. The third-order valence-electron chi connectivity index (χ3n) is 2.50. The largest absolute Gasteiger partial charge is 0.435 e. The molecule has 0 spiro atoms. The number of aryl methyl sites for hydroxylation is 2. The van der Waals surface area contributed by atoms with E-state index in [1.165, 1.54) is 0 Å². The third-order valence-corrected chi connectivity index (χ3v) is 2.50. The summed E-state index contributed by atoms with van der Waals surface area (Å²) in [6, 6.07) is 2.78. The second-order valence-electron chi connectivity index (χ2n) is 3.92. The molecule has 0 saturated heterocycles. The van der Waals surface area contributed by atoms with Gasteiger partial charge in [-0.2, -0.15) is 23.4 Å². The Morgan fingerprint density at radius 3 is 2.61 bits per heavy atom. The van der Waals surface area contributed by atoms with Gasteiger partial charge >= 0.3 is 6.18 Å². The van der Waals surface area contributed by atoms with Crippen molar-refractivity contribution in [2.45, 2.75) is 19.6 Å². The van der Waals surface area contributed by atoms with E-state index in [2.05, 4.69) is 20.6 Å². The normalized spacial score (nSPS) is 11.8. The van der Waals surface area contributed by atoms with Gasteiger partial charge in [-0.3, -0.25) is 9.78 Å². The molecular formula is C10H12F3N5. The van der Waals surface area contributed by atoms with Crippen molar-refractivity contribution in [1.82, 2.24) is 20.0 Å². The fraction of sp³-hybridized carbons (Fsp3) is 0.400. The van der Waals surface area contributed by atoms with Crippen molar-refractivity contribution < 1.29 is 13.2 Å². The number of aromatic nitrogens is 4. The van der Waals surface area contributed by atoms with Gasteiger partial charge in [0, 0.05) is 18.8 Å². The Labute approximate surface area is 101 Å². The van der Waals surface area contributed by atoms with Crippen LogP contribution >= 0.6 is 0 Å². The van der Waals surface area contributed by atoms with Gasteiger partial charge in [0.15, 0.2) is 5.69 Å². The van der Waals surface area contributed by atoms with Crippen LogP contribution in [0.2, 0.25) is 0 Å². The minimum atomic E-state index is -4.42. The summed E-state index contributed by atoms with van der Waals surface area (Å²) in [7, 11) is 1.79. The van der Waals surface area contributed by atoms with Crippen molar-refractivity contribution in [3.8, 4) is 0 Å². The molecule has 0 aliphatic carbocycles. The predicted molar refractivity (Wildman–Crippen MR) is 58.9 cm³/mol. The Morgan fingerprint density at radius 1 is 1.39 bits per heavy atom. The number of anilines is 1. The summed E-state index contributed by atoms with van der Waals surface area (Å²) in [5.41, 5.74) is 0.389. The van der Waals surface area contributed by atoms with Gasteiger partial charge in [-0.15, -0.1) is 0 Å². The van der Waals surface area contributed by atoms with Gasteiger partial charge in [0.05, 0.1) is 12.2 Å². The van der Waals surface area contributed by atoms with Crippen LogP contribution in [0.15, 0.2) is 12.1 Å². The van der Waals surface area contributed by atoms with Gasteiger partial charge < -0.3 is 5.32 Å². The monoisotopic (exact) mass is 259 g/mol. The van der Waals surface area contributed by atoms with E-state index in [1.54, 1.807) is 17.8 Å². The molecule has 2 heterocycles. The van der Waals surface area contributed by atoms with E-state index in [-0.39, 0.29) is 6.54 Å². The van der Waals surface area contributed by atoms with Crippen LogP contribution in [0.3, 0.4) is 0 Å². The molecule has 0 saturated carbocycles. The summed E-state index contributed by atoms with van der Waals surface area (Å²) in [5.74, 6) is 0.609.